The van der Waals surface area contributed by atoms with E-state index in [0.717, 1.165) is 27.8 Å². The highest BCUT2D eigenvalue weighted by Gasteiger charge is 2.13. The Morgan fingerprint density at radius 2 is 1.56 bits per heavy atom. The third kappa shape index (κ3) is 3.11. The normalized spacial score (nSPS) is 11.1. The van der Waals surface area contributed by atoms with E-state index >= 15 is 0 Å². The average molecular weight is 369 g/mol. The predicted molar refractivity (Wildman–Crippen MR) is 107 cm³/mol. The molecule has 5 nitrogen and oxygen atoms in total. The van der Waals surface area contributed by atoms with Crippen molar-refractivity contribution in [2.75, 3.05) is 0 Å². The lowest BCUT2D eigenvalue weighted by Gasteiger charge is -2.03. The second-order valence-corrected chi connectivity index (χ2v) is 7.24. The number of fused-ring (bicyclic) bond motifs is 1. The smallest absolute Gasteiger partial charge is 0.234 e. The first kappa shape index (κ1) is 15.8. The minimum absolute atomic E-state index is 0.722. The summed E-state index contributed by atoms with van der Waals surface area (Å²) in [6.45, 7) is 0. The number of rotatable bonds is 4. The van der Waals surface area contributed by atoms with Crippen LogP contribution in [-0.2, 0) is 6.42 Å². The summed E-state index contributed by atoms with van der Waals surface area (Å²) in [5.41, 5.74) is 4.58. The highest BCUT2D eigenvalue weighted by atomic mass is 32.1. The van der Waals surface area contributed by atoms with E-state index in [1.54, 1.807) is 28.2 Å². The zero-order valence-corrected chi connectivity index (χ0v) is 15.2. The van der Waals surface area contributed by atoms with Crippen LogP contribution in [0.4, 0.5) is 0 Å². The fraction of sp³-hybridized carbons (Fsp3) is 0.0476. The van der Waals surface area contributed by atoms with Crippen LogP contribution in [0, 0.1) is 0 Å². The van der Waals surface area contributed by atoms with Gasteiger partial charge in [-0.3, -0.25) is 4.98 Å². The summed E-state index contributed by atoms with van der Waals surface area (Å²) in [6, 6.07) is 22.9. The van der Waals surface area contributed by atoms with Gasteiger partial charge in [0.15, 0.2) is 5.82 Å². The Morgan fingerprint density at radius 3 is 2.33 bits per heavy atom. The molecule has 0 aliphatic heterocycles. The molecule has 0 atom stereocenters. The molecule has 0 bridgehead atoms. The van der Waals surface area contributed by atoms with Gasteiger partial charge in [0.05, 0.1) is 0 Å². The average Bonchev–Trinajstić information content (AvgIpc) is 3.30. The van der Waals surface area contributed by atoms with Gasteiger partial charge >= 0.3 is 0 Å². The Labute approximate surface area is 160 Å². The van der Waals surface area contributed by atoms with Gasteiger partial charge in [-0.05, 0) is 28.8 Å². The Morgan fingerprint density at radius 1 is 0.778 bits per heavy atom. The maximum absolute atomic E-state index is 4.71. The maximum atomic E-state index is 4.71. The third-order valence-electron chi connectivity index (χ3n) is 4.37. The summed E-state index contributed by atoms with van der Waals surface area (Å²) in [5.74, 6) is 0.722. The fourth-order valence-corrected chi connectivity index (χ4v) is 3.89. The quantitative estimate of drug-likeness (QED) is 0.468. The van der Waals surface area contributed by atoms with Crippen LogP contribution >= 0.6 is 11.3 Å². The molecular weight excluding hydrogens is 354 g/mol. The largest absolute Gasteiger partial charge is 0.264 e. The van der Waals surface area contributed by atoms with E-state index in [2.05, 4.69) is 63.7 Å². The minimum Gasteiger partial charge on any atom is -0.264 e. The SMILES string of the molecule is c1ccc(-c2ccc(Cc3nn4c(-c5cccnc5)nnc4s3)cc2)cc1. The van der Waals surface area contributed by atoms with E-state index in [9.17, 15) is 0 Å². The van der Waals surface area contributed by atoms with Crippen LogP contribution in [0.25, 0.3) is 27.5 Å². The lowest BCUT2D eigenvalue weighted by atomic mass is 10.0. The number of hydrogen-bond donors (Lipinski definition) is 0. The van der Waals surface area contributed by atoms with Crippen molar-refractivity contribution < 1.29 is 0 Å². The van der Waals surface area contributed by atoms with Gasteiger partial charge < -0.3 is 0 Å². The lowest BCUT2D eigenvalue weighted by molar-refractivity contribution is 0.917. The second-order valence-electron chi connectivity index (χ2n) is 6.20. The van der Waals surface area contributed by atoms with Crippen LogP contribution in [0.15, 0.2) is 79.1 Å². The van der Waals surface area contributed by atoms with Gasteiger partial charge in [-0.25, -0.2) is 0 Å². The van der Waals surface area contributed by atoms with Crippen molar-refractivity contribution in [2.45, 2.75) is 6.42 Å². The summed E-state index contributed by atoms with van der Waals surface area (Å²) in [4.78, 5) is 4.95. The Kier molecular flexibility index (Phi) is 3.95. The topological polar surface area (TPSA) is 56.0 Å². The molecule has 130 valence electrons. The van der Waals surface area contributed by atoms with Gasteiger partial charge in [-0.15, -0.1) is 10.2 Å². The van der Waals surface area contributed by atoms with Crippen molar-refractivity contribution in [2.24, 2.45) is 0 Å². The molecule has 0 aliphatic rings. The summed E-state index contributed by atoms with van der Waals surface area (Å²) in [5, 5.41) is 14.2. The van der Waals surface area contributed by atoms with Gasteiger partial charge in [0.1, 0.15) is 5.01 Å². The van der Waals surface area contributed by atoms with Crippen LogP contribution in [0.3, 0.4) is 0 Å². The summed E-state index contributed by atoms with van der Waals surface area (Å²) in [6.07, 6.45) is 4.29. The van der Waals surface area contributed by atoms with Crippen LogP contribution < -0.4 is 0 Å². The van der Waals surface area contributed by atoms with Gasteiger partial charge in [0, 0.05) is 24.4 Å². The molecule has 3 heterocycles. The van der Waals surface area contributed by atoms with Gasteiger partial charge in [-0.2, -0.15) is 9.61 Å². The molecule has 0 aliphatic carbocycles. The van der Waals surface area contributed by atoms with E-state index < -0.39 is 0 Å². The van der Waals surface area contributed by atoms with Gasteiger partial charge in [0.25, 0.3) is 0 Å². The first-order valence-electron chi connectivity index (χ1n) is 8.63. The first-order chi connectivity index (χ1) is 13.4. The Balaban J connectivity index is 1.41. The van der Waals surface area contributed by atoms with Crippen molar-refractivity contribution in [1.29, 1.82) is 0 Å². The summed E-state index contributed by atoms with van der Waals surface area (Å²) >= 11 is 1.57. The molecule has 5 rings (SSSR count). The molecular formula is C21H15N5S. The Hall–Kier alpha value is -3.38. The highest BCUT2D eigenvalue weighted by Crippen LogP contribution is 2.24. The minimum atomic E-state index is 0.722. The molecule has 0 fully saturated rings. The van der Waals surface area contributed by atoms with E-state index in [0.29, 0.717) is 0 Å². The van der Waals surface area contributed by atoms with Crippen LogP contribution in [0.2, 0.25) is 0 Å². The van der Waals surface area contributed by atoms with Gasteiger partial charge in [-0.1, -0.05) is 65.9 Å². The highest BCUT2D eigenvalue weighted by molar-refractivity contribution is 7.16. The molecule has 2 aromatic carbocycles. The van der Waals surface area contributed by atoms with Crippen LogP contribution in [0.5, 0.6) is 0 Å². The van der Waals surface area contributed by atoms with E-state index in [-0.39, 0.29) is 0 Å². The molecule has 0 saturated heterocycles. The number of pyridine rings is 1. The molecule has 0 N–H and O–H groups in total. The number of hydrogen-bond acceptors (Lipinski definition) is 5. The molecule has 0 amide bonds. The number of nitrogens with zero attached hydrogens (tertiary/aromatic N) is 5. The first-order valence-corrected chi connectivity index (χ1v) is 9.44. The van der Waals surface area contributed by atoms with E-state index in [1.807, 2.05) is 18.2 Å². The Bertz CT molecular complexity index is 1180. The maximum Gasteiger partial charge on any atom is 0.234 e. The van der Waals surface area contributed by atoms with Crippen molar-refractivity contribution in [3.8, 4) is 22.5 Å². The monoisotopic (exact) mass is 369 g/mol. The second kappa shape index (κ2) is 6.74. The zero-order chi connectivity index (χ0) is 18.1. The van der Waals surface area contributed by atoms with Crippen molar-refractivity contribution in [3.63, 3.8) is 0 Å². The van der Waals surface area contributed by atoms with Crippen molar-refractivity contribution >= 4 is 16.3 Å². The number of benzene rings is 2. The van der Waals surface area contributed by atoms with Crippen LogP contribution in [-0.4, -0.2) is 24.8 Å². The van der Waals surface area contributed by atoms with E-state index in [1.165, 1.54) is 16.7 Å². The zero-order valence-electron chi connectivity index (χ0n) is 14.4. The molecule has 5 aromatic rings. The standard InChI is InChI=1S/C21H15N5S/c1-2-5-16(6-3-1)17-10-8-15(9-11-17)13-19-25-26-20(23-24-21(26)27-19)18-7-4-12-22-14-18/h1-12,14H,13H2. The van der Waals surface area contributed by atoms with Crippen LogP contribution in [0.1, 0.15) is 10.6 Å². The molecule has 0 spiro atoms. The lowest BCUT2D eigenvalue weighted by Crippen LogP contribution is -1.94. The summed E-state index contributed by atoms with van der Waals surface area (Å²) < 4.78 is 1.80. The molecule has 0 radical (unpaired) electrons. The predicted octanol–water partition coefficient (Wildman–Crippen LogP) is 4.51. The van der Waals surface area contributed by atoms with Crippen molar-refractivity contribution in [1.82, 2.24) is 24.8 Å². The molecule has 27 heavy (non-hydrogen) atoms. The fourth-order valence-electron chi connectivity index (χ4n) is 3.02. The molecule has 3 aromatic heterocycles. The van der Waals surface area contributed by atoms with E-state index in [4.69, 9.17) is 5.10 Å². The molecule has 0 unspecified atom stereocenters. The molecule has 6 heteroatoms. The number of aromatic nitrogens is 5. The third-order valence-corrected chi connectivity index (χ3v) is 5.27. The van der Waals surface area contributed by atoms with Crippen molar-refractivity contribution in [3.05, 3.63) is 89.7 Å². The van der Waals surface area contributed by atoms with Gasteiger partial charge in [0.2, 0.25) is 4.96 Å². The molecule has 0 saturated carbocycles. The summed E-state index contributed by atoms with van der Waals surface area (Å²) in [7, 11) is 0.